The van der Waals surface area contributed by atoms with Crippen LogP contribution in [0.2, 0.25) is 0 Å². The molecule has 1 atom stereocenters. The molecule has 19 heavy (non-hydrogen) atoms. The van der Waals surface area contributed by atoms with Gasteiger partial charge in [0.2, 0.25) is 0 Å². The minimum absolute atomic E-state index is 0.0930. The highest BCUT2D eigenvalue weighted by molar-refractivity contribution is 6.18. The highest BCUT2D eigenvalue weighted by Crippen LogP contribution is 2.24. The summed E-state index contributed by atoms with van der Waals surface area (Å²) in [4.78, 5) is 4.25. The Kier molecular flexibility index (Phi) is 4.53. The van der Waals surface area contributed by atoms with Crippen LogP contribution in [-0.2, 0) is 6.42 Å². The molecule has 1 heterocycles. The van der Waals surface area contributed by atoms with Crippen molar-refractivity contribution in [3.05, 3.63) is 47.8 Å². The summed E-state index contributed by atoms with van der Waals surface area (Å²) in [7, 11) is 0. The Hall–Kier alpha value is -1.42. The summed E-state index contributed by atoms with van der Waals surface area (Å²) in [6.07, 6.45) is 2.12. The Morgan fingerprint density at radius 2 is 2.05 bits per heavy atom. The maximum Gasteiger partial charge on any atom is 0.138 e. The number of hydrogen-bond acceptors (Lipinski definition) is 2. The third-order valence-electron chi connectivity index (χ3n) is 3.10. The molecule has 0 aliphatic carbocycles. The molecule has 0 radical (unpaired) electrons. The fourth-order valence-corrected chi connectivity index (χ4v) is 2.40. The Bertz CT molecular complexity index is 539. The van der Waals surface area contributed by atoms with Gasteiger partial charge in [-0.25, -0.2) is 14.1 Å². The van der Waals surface area contributed by atoms with Crippen molar-refractivity contribution in [2.45, 2.75) is 32.2 Å². The lowest BCUT2D eigenvalue weighted by molar-refractivity contribution is 0.492. The van der Waals surface area contributed by atoms with Crippen LogP contribution in [0.15, 0.2) is 30.6 Å². The van der Waals surface area contributed by atoms with E-state index in [4.69, 9.17) is 11.6 Å². The topological polar surface area (TPSA) is 30.7 Å². The van der Waals surface area contributed by atoms with Gasteiger partial charge in [0.1, 0.15) is 18.0 Å². The van der Waals surface area contributed by atoms with Crippen molar-refractivity contribution in [2.24, 2.45) is 0 Å². The average Bonchev–Trinajstić information content (AvgIpc) is 2.85. The molecule has 102 valence electrons. The molecule has 0 amide bonds. The molecule has 0 aliphatic rings. The summed E-state index contributed by atoms with van der Waals surface area (Å²) < 4.78 is 15.7. The largest absolute Gasteiger partial charge is 0.248 e. The van der Waals surface area contributed by atoms with Crippen LogP contribution in [0.1, 0.15) is 37.2 Å². The van der Waals surface area contributed by atoms with E-state index in [-0.39, 0.29) is 17.8 Å². The number of nitrogens with zero attached hydrogens (tertiary/aromatic N) is 3. The molecule has 1 aromatic carbocycles. The zero-order valence-corrected chi connectivity index (χ0v) is 11.8. The molecular weight excluding hydrogens is 265 g/mol. The first-order valence-corrected chi connectivity index (χ1v) is 6.85. The van der Waals surface area contributed by atoms with E-state index in [1.807, 2.05) is 24.6 Å². The molecule has 2 rings (SSSR count). The maximum atomic E-state index is 13.8. The summed E-state index contributed by atoms with van der Waals surface area (Å²) in [5, 5.41) is 4.19. The molecule has 0 bridgehead atoms. The molecule has 2 aromatic rings. The lowest BCUT2D eigenvalue weighted by Gasteiger charge is -2.16. The number of rotatable bonds is 5. The molecule has 5 heteroatoms. The first kappa shape index (κ1) is 14.0. The van der Waals surface area contributed by atoms with Crippen molar-refractivity contribution >= 4 is 11.6 Å². The average molecular weight is 282 g/mol. The van der Waals surface area contributed by atoms with Crippen LogP contribution in [-0.4, -0.2) is 20.6 Å². The number of benzene rings is 1. The van der Waals surface area contributed by atoms with E-state index in [1.54, 1.807) is 12.1 Å². The van der Waals surface area contributed by atoms with Gasteiger partial charge < -0.3 is 0 Å². The molecule has 0 fully saturated rings. The quantitative estimate of drug-likeness (QED) is 0.785. The standard InChI is InChI=1S/C14H17ClFN3/c1-10(2)19-14(17-9-18-19)7-11(8-15)12-5-3-4-6-13(12)16/h3-6,9-11H,7-8H2,1-2H3. The molecule has 0 N–H and O–H groups in total. The van der Waals surface area contributed by atoms with Crippen molar-refractivity contribution in [1.29, 1.82) is 0 Å². The van der Waals surface area contributed by atoms with Gasteiger partial charge in [-0.3, -0.25) is 0 Å². The Morgan fingerprint density at radius 3 is 2.68 bits per heavy atom. The highest BCUT2D eigenvalue weighted by atomic mass is 35.5. The summed E-state index contributed by atoms with van der Waals surface area (Å²) in [5.74, 6) is 0.878. The molecule has 0 aliphatic heterocycles. The Balaban J connectivity index is 2.25. The number of alkyl halides is 1. The predicted octanol–water partition coefficient (Wildman–Crippen LogP) is 3.56. The fourth-order valence-electron chi connectivity index (χ4n) is 2.13. The van der Waals surface area contributed by atoms with Gasteiger partial charge in [0.25, 0.3) is 0 Å². The molecule has 1 aromatic heterocycles. The van der Waals surface area contributed by atoms with Gasteiger partial charge in [-0.1, -0.05) is 18.2 Å². The molecule has 0 saturated heterocycles. The Morgan fingerprint density at radius 1 is 1.32 bits per heavy atom. The third kappa shape index (κ3) is 3.13. The summed E-state index contributed by atoms with van der Waals surface area (Å²) >= 11 is 6.00. The van der Waals surface area contributed by atoms with Gasteiger partial charge in [0.15, 0.2) is 0 Å². The van der Waals surface area contributed by atoms with E-state index in [9.17, 15) is 4.39 Å². The molecule has 0 saturated carbocycles. The first-order valence-electron chi connectivity index (χ1n) is 6.32. The fraction of sp³-hybridized carbons (Fsp3) is 0.429. The van der Waals surface area contributed by atoms with Crippen LogP contribution in [0.3, 0.4) is 0 Å². The summed E-state index contributed by atoms with van der Waals surface area (Å²) in [6, 6.07) is 6.97. The molecule has 0 spiro atoms. The second-order valence-corrected chi connectivity index (χ2v) is 5.10. The van der Waals surface area contributed by atoms with Crippen molar-refractivity contribution in [1.82, 2.24) is 14.8 Å². The predicted molar refractivity (Wildman–Crippen MR) is 74.0 cm³/mol. The van der Waals surface area contributed by atoms with E-state index in [0.29, 0.717) is 17.9 Å². The van der Waals surface area contributed by atoms with Gasteiger partial charge in [-0.05, 0) is 25.5 Å². The van der Waals surface area contributed by atoms with Gasteiger partial charge >= 0.3 is 0 Å². The monoisotopic (exact) mass is 281 g/mol. The van der Waals surface area contributed by atoms with Crippen molar-refractivity contribution in [3.8, 4) is 0 Å². The zero-order valence-electron chi connectivity index (χ0n) is 11.1. The van der Waals surface area contributed by atoms with Crippen molar-refractivity contribution in [3.63, 3.8) is 0 Å². The summed E-state index contributed by atoms with van der Waals surface area (Å²) in [5.41, 5.74) is 0.635. The second-order valence-electron chi connectivity index (χ2n) is 4.79. The molecule has 3 nitrogen and oxygen atoms in total. The second kappa shape index (κ2) is 6.15. The minimum atomic E-state index is -0.219. The van der Waals surface area contributed by atoms with Crippen LogP contribution in [0.25, 0.3) is 0 Å². The summed E-state index contributed by atoms with van der Waals surface area (Å²) in [6.45, 7) is 4.08. The SMILES string of the molecule is CC(C)n1ncnc1CC(CCl)c1ccccc1F. The van der Waals surface area contributed by atoms with Gasteiger partial charge in [-0.2, -0.15) is 5.10 Å². The van der Waals surface area contributed by atoms with Crippen molar-refractivity contribution < 1.29 is 4.39 Å². The van der Waals surface area contributed by atoms with E-state index >= 15 is 0 Å². The van der Waals surface area contributed by atoms with Gasteiger partial charge in [0, 0.05) is 24.3 Å². The lowest BCUT2D eigenvalue weighted by Crippen LogP contribution is -2.14. The van der Waals surface area contributed by atoms with Crippen LogP contribution < -0.4 is 0 Å². The normalized spacial score (nSPS) is 12.9. The third-order valence-corrected chi connectivity index (χ3v) is 3.47. The maximum absolute atomic E-state index is 13.8. The van der Waals surface area contributed by atoms with Gasteiger partial charge in [0.05, 0.1) is 0 Å². The number of hydrogen-bond donors (Lipinski definition) is 0. The number of aromatic nitrogens is 3. The van der Waals surface area contributed by atoms with Crippen LogP contribution in [0, 0.1) is 5.82 Å². The molecular formula is C14H17ClFN3. The molecule has 1 unspecified atom stereocenters. The lowest BCUT2D eigenvalue weighted by atomic mass is 9.96. The van der Waals surface area contributed by atoms with Crippen molar-refractivity contribution in [2.75, 3.05) is 5.88 Å². The Labute approximate surface area is 117 Å². The van der Waals surface area contributed by atoms with Crippen LogP contribution in [0.5, 0.6) is 0 Å². The van der Waals surface area contributed by atoms with E-state index < -0.39 is 0 Å². The van der Waals surface area contributed by atoms with Gasteiger partial charge in [-0.15, -0.1) is 11.6 Å². The minimum Gasteiger partial charge on any atom is -0.248 e. The van der Waals surface area contributed by atoms with E-state index in [1.165, 1.54) is 12.4 Å². The van der Waals surface area contributed by atoms with Crippen LogP contribution in [0.4, 0.5) is 4.39 Å². The highest BCUT2D eigenvalue weighted by Gasteiger charge is 2.18. The first-order chi connectivity index (χ1) is 9.13. The van der Waals surface area contributed by atoms with E-state index in [0.717, 1.165) is 5.82 Å². The van der Waals surface area contributed by atoms with Crippen LogP contribution >= 0.6 is 11.6 Å². The smallest absolute Gasteiger partial charge is 0.138 e. The number of halogens is 2. The zero-order chi connectivity index (χ0) is 13.8. The van der Waals surface area contributed by atoms with E-state index in [2.05, 4.69) is 10.1 Å².